The Morgan fingerprint density at radius 2 is 2.00 bits per heavy atom. The van der Waals surface area contributed by atoms with Gasteiger partial charge in [-0.15, -0.1) is 0 Å². The summed E-state index contributed by atoms with van der Waals surface area (Å²) in [6.45, 7) is 5.03. The highest BCUT2D eigenvalue weighted by molar-refractivity contribution is 6.34. The molecule has 0 aliphatic carbocycles. The molecular formula is C13H20ClN3O. The second-order valence-corrected chi connectivity index (χ2v) is 4.76. The number of halogens is 1. The van der Waals surface area contributed by atoms with Crippen LogP contribution in [0, 0.1) is 5.92 Å². The van der Waals surface area contributed by atoms with Crippen LogP contribution in [0.25, 0.3) is 0 Å². The van der Waals surface area contributed by atoms with E-state index in [2.05, 4.69) is 19.2 Å². The lowest BCUT2D eigenvalue weighted by atomic mass is 10.0. The van der Waals surface area contributed by atoms with E-state index in [0.29, 0.717) is 27.9 Å². The topological polar surface area (TPSA) is 81.1 Å². The summed E-state index contributed by atoms with van der Waals surface area (Å²) in [5.74, 6) is 0.00981. The van der Waals surface area contributed by atoms with Crippen molar-refractivity contribution >= 4 is 28.9 Å². The molecule has 0 radical (unpaired) electrons. The van der Waals surface area contributed by atoms with Crippen molar-refractivity contribution in [2.75, 3.05) is 17.6 Å². The van der Waals surface area contributed by atoms with Crippen LogP contribution in [0.5, 0.6) is 0 Å². The molecule has 0 bridgehead atoms. The first-order valence-corrected chi connectivity index (χ1v) is 6.50. The number of rotatable bonds is 6. The van der Waals surface area contributed by atoms with Gasteiger partial charge in [-0.3, -0.25) is 4.79 Å². The first-order chi connectivity index (χ1) is 8.49. The molecule has 100 valence electrons. The van der Waals surface area contributed by atoms with Crippen molar-refractivity contribution in [3.8, 4) is 0 Å². The van der Waals surface area contributed by atoms with Crippen molar-refractivity contribution in [2.45, 2.75) is 26.7 Å². The monoisotopic (exact) mass is 269 g/mol. The summed E-state index contributed by atoms with van der Waals surface area (Å²) in [6, 6.07) is 3.16. The predicted molar refractivity (Wildman–Crippen MR) is 76.9 cm³/mol. The van der Waals surface area contributed by atoms with Crippen LogP contribution >= 0.6 is 11.6 Å². The number of primary amides is 1. The molecule has 0 fully saturated rings. The number of amides is 1. The van der Waals surface area contributed by atoms with Gasteiger partial charge in [-0.25, -0.2) is 0 Å². The molecule has 5 N–H and O–H groups in total. The van der Waals surface area contributed by atoms with Crippen LogP contribution in [0.2, 0.25) is 5.02 Å². The van der Waals surface area contributed by atoms with Crippen molar-refractivity contribution in [3.63, 3.8) is 0 Å². The third-order valence-corrected chi connectivity index (χ3v) is 3.40. The van der Waals surface area contributed by atoms with Gasteiger partial charge >= 0.3 is 0 Å². The maximum atomic E-state index is 11.4. The Balaban J connectivity index is 2.96. The van der Waals surface area contributed by atoms with E-state index in [-0.39, 0.29) is 0 Å². The highest BCUT2D eigenvalue weighted by Crippen LogP contribution is 2.29. The van der Waals surface area contributed by atoms with E-state index < -0.39 is 5.91 Å². The van der Waals surface area contributed by atoms with E-state index in [0.717, 1.165) is 19.4 Å². The Hall–Kier alpha value is -1.42. The van der Waals surface area contributed by atoms with Crippen LogP contribution in [0.1, 0.15) is 37.0 Å². The number of nitrogens with one attached hydrogen (secondary N) is 1. The Morgan fingerprint density at radius 1 is 1.39 bits per heavy atom. The summed E-state index contributed by atoms with van der Waals surface area (Å²) in [4.78, 5) is 11.4. The molecular weight excluding hydrogens is 250 g/mol. The van der Waals surface area contributed by atoms with E-state index in [4.69, 9.17) is 23.1 Å². The highest BCUT2D eigenvalue weighted by Gasteiger charge is 2.14. The van der Waals surface area contributed by atoms with E-state index in [1.54, 1.807) is 12.1 Å². The van der Waals surface area contributed by atoms with Crippen LogP contribution in [0.15, 0.2) is 12.1 Å². The summed E-state index contributed by atoms with van der Waals surface area (Å²) in [5.41, 5.74) is 12.3. The summed E-state index contributed by atoms with van der Waals surface area (Å²) in [7, 11) is 0. The molecule has 0 aliphatic heterocycles. The zero-order valence-corrected chi connectivity index (χ0v) is 11.6. The van der Waals surface area contributed by atoms with E-state index in [1.807, 2.05) is 0 Å². The number of nitrogens with two attached hydrogens (primary N) is 2. The fourth-order valence-electron chi connectivity index (χ4n) is 1.83. The molecule has 18 heavy (non-hydrogen) atoms. The van der Waals surface area contributed by atoms with Crippen LogP contribution in [-0.4, -0.2) is 12.5 Å². The molecule has 0 aromatic heterocycles. The minimum atomic E-state index is -0.531. The largest absolute Gasteiger partial charge is 0.399 e. The van der Waals surface area contributed by atoms with Crippen LogP contribution in [-0.2, 0) is 0 Å². The first kappa shape index (κ1) is 14.6. The normalized spacial score (nSPS) is 10.7. The third-order valence-electron chi connectivity index (χ3n) is 3.10. The summed E-state index contributed by atoms with van der Waals surface area (Å²) in [5, 5.41) is 3.63. The predicted octanol–water partition coefficient (Wildman–Crippen LogP) is 2.87. The zero-order chi connectivity index (χ0) is 13.7. The zero-order valence-electron chi connectivity index (χ0n) is 10.8. The standard InChI is InChI=1S/C13H20ClN3O/c1-3-8(4-2)7-17-12-10(13(16)18)5-9(15)6-11(12)14/h5-6,8,17H,3-4,7,15H2,1-2H3,(H2,16,18). The number of hydrogen-bond donors (Lipinski definition) is 3. The maximum Gasteiger partial charge on any atom is 0.250 e. The third kappa shape index (κ3) is 3.53. The van der Waals surface area contributed by atoms with Crippen LogP contribution < -0.4 is 16.8 Å². The SMILES string of the molecule is CCC(CC)CNc1c(Cl)cc(N)cc1C(N)=O. The molecule has 1 amide bonds. The van der Waals surface area contributed by atoms with Crippen molar-refractivity contribution in [1.29, 1.82) is 0 Å². The Morgan fingerprint density at radius 3 is 2.50 bits per heavy atom. The number of hydrogen-bond acceptors (Lipinski definition) is 3. The summed E-state index contributed by atoms with van der Waals surface area (Å²) >= 11 is 6.10. The van der Waals surface area contributed by atoms with Gasteiger partial charge in [0.15, 0.2) is 0 Å². The fraction of sp³-hybridized carbons (Fsp3) is 0.462. The molecule has 0 atom stereocenters. The number of nitrogen functional groups attached to an aromatic ring is 1. The summed E-state index contributed by atoms with van der Waals surface area (Å²) in [6.07, 6.45) is 2.14. The van der Waals surface area contributed by atoms with Gasteiger partial charge in [0.2, 0.25) is 0 Å². The molecule has 0 heterocycles. The highest BCUT2D eigenvalue weighted by atomic mass is 35.5. The van der Waals surface area contributed by atoms with Crippen molar-refractivity contribution in [3.05, 3.63) is 22.7 Å². The maximum absolute atomic E-state index is 11.4. The van der Waals surface area contributed by atoms with Gasteiger partial charge in [-0.05, 0) is 18.1 Å². The van der Waals surface area contributed by atoms with Crippen LogP contribution in [0.4, 0.5) is 11.4 Å². The number of carbonyl (C=O) groups excluding carboxylic acids is 1. The first-order valence-electron chi connectivity index (χ1n) is 6.12. The number of benzene rings is 1. The number of carbonyl (C=O) groups is 1. The molecule has 1 aromatic rings. The summed E-state index contributed by atoms with van der Waals surface area (Å²) < 4.78 is 0. The lowest BCUT2D eigenvalue weighted by molar-refractivity contribution is 0.100. The van der Waals surface area contributed by atoms with E-state index in [1.165, 1.54) is 0 Å². The molecule has 0 saturated heterocycles. The van der Waals surface area contributed by atoms with Gasteiger partial charge in [0.25, 0.3) is 5.91 Å². The molecule has 0 saturated carbocycles. The second kappa shape index (κ2) is 6.50. The quantitative estimate of drug-likeness (QED) is 0.695. The molecule has 5 heteroatoms. The minimum Gasteiger partial charge on any atom is -0.399 e. The lowest BCUT2D eigenvalue weighted by Crippen LogP contribution is -2.18. The van der Waals surface area contributed by atoms with Crippen molar-refractivity contribution in [1.82, 2.24) is 0 Å². The van der Waals surface area contributed by atoms with Gasteiger partial charge < -0.3 is 16.8 Å². The van der Waals surface area contributed by atoms with E-state index in [9.17, 15) is 4.79 Å². The van der Waals surface area contributed by atoms with Gasteiger partial charge in [0.1, 0.15) is 0 Å². The Labute approximate surface area is 113 Å². The molecule has 0 unspecified atom stereocenters. The Bertz CT molecular complexity index is 430. The molecule has 0 aliphatic rings. The minimum absolute atomic E-state index is 0.339. The second-order valence-electron chi connectivity index (χ2n) is 4.35. The van der Waals surface area contributed by atoms with Gasteiger partial charge in [0, 0.05) is 12.2 Å². The Kier molecular flexibility index (Phi) is 5.28. The van der Waals surface area contributed by atoms with Gasteiger partial charge in [-0.1, -0.05) is 38.3 Å². The van der Waals surface area contributed by atoms with Crippen LogP contribution in [0.3, 0.4) is 0 Å². The van der Waals surface area contributed by atoms with Crippen molar-refractivity contribution in [2.24, 2.45) is 11.7 Å². The number of anilines is 2. The van der Waals surface area contributed by atoms with Gasteiger partial charge in [0.05, 0.1) is 16.3 Å². The molecule has 1 rings (SSSR count). The molecule has 1 aromatic carbocycles. The smallest absolute Gasteiger partial charge is 0.250 e. The van der Waals surface area contributed by atoms with Crippen molar-refractivity contribution < 1.29 is 4.79 Å². The van der Waals surface area contributed by atoms with E-state index >= 15 is 0 Å². The van der Waals surface area contributed by atoms with Gasteiger partial charge in [-0.2, -0.15) is 0 Å². The fourth-order valence-corrected chi connectivity index (χ4v) is 2.12. The average Bonchev–Trinajstić information content (AvgIpc) is 2.31. The molecule has 4 nitrogen and oxygen atoms in total. The molecule has 0 spiro atoms. The lowest BCUT2D eigenvalue weighted by Gasteiger charge is -2.17. The average molecular weight is 270 g/mol.